The molecule has 0 rings (SSSR count). The van der Waals surface area contributed by atoms with Gasteiger partial charge in [0.05, 0.1) is 8.07 Å². The zero-order valence-electron chi connectivity index (χ0n) is 6.36. The summed E-state index contributed by atoms with van der Waals surface area (Å²) < 4.78 is 0. The molecular weight excluding hydrogens is 128 g/mol. The van der Waals surface area contributed by atoms with E-state index in [4.69, 9.17) is 0 Å². The molecule has 0 aromatic heterocycles. The van der Waals surface area contributed by atoms with Gasteiger partial charge in [0.15, 0.2) is 0 Å². The van der Waals surface area contributed by atoms with Crippen LogP contribution in [-0.4, -0.2) is 17.6 Å². The molecule has 0 aromatic rings. The van der Waals surface area contributed by atoms with E-state index in [-0.39, 0.29) is 9.52 Å². The molecule has 8 heavy (non-hydrogen) atoms. The smallest absolute Gasteiger partial charge is 0.0677 e. The van der Waals surface area contributed by atoms with E-state index in [2.05, 4.69) is 37.6 Å². The quantitative estimate of drug-likeness (QED) is 0.516. The van der Waals surface area contributed by atoms with Gasteiger partial charge in [0.1, 0.15) is 0 Å². The minimum atomic E-state index is -0.824. The molecule has 0 N–H and O–H groups in total. The number of hydrogen-bond donors (Lipinski definition) is 0. The third-order valence-corrected chi connectivity index (χ3v) is 3.27. The van der Waals surface area contributed by atoms with E-state index >= 15 is 0 Å². The summed E-state index contributed by atoms with van der Waals surface area (Å²) in [4.78, 5) is 0. The summed E-state index contributed by atoms with van der Waals surface area (Å²) >= 11 is 0. The lowest BCUT2D eigenvalue weighted by Gasteiger charge is -2.06. The number of rotatable bonds is 2. The summed E-state index contributed by atoms with van der Waals surface area (Å²) in [6.45, 7) is 9.42. The van der Waals surface area contributed by atoms with Gasteiger partial charge in [-0.15, -0.1) is 11.4 Å². The Balaban J connectivity index is 3.52. The maximum Gasteiger partial charge on any atom is 0.0677 e. The van der Waals surface area contributed by atoms with Crippen LogP contribution in [0.3, 0.4) is 0 Å². The van der Waals surface area contributed by atoms with Gasteiger partial charge in [-0.3, -0.25) is 0 Å². The van der Waals surface area contributed by atoms with Gasteiger partial charge >= 0.3 is 0 Å². The average Bonchev–Trinajstić information content (AvgIpc) is 1.59. The molecule has 0 unspecified atom stereocenters. The summed E-state index contributed by atoms with van der Waals surface area (Å²) in [7, 11) is -0.636. The first kappa shape index (κ1) is 8.17. The van der Waals surface area contributed by atoms with Gasteiger partial charge in [-0.25, -0.2) is 0 Å². The Morgan fingerprint density at radius 3 is 1.88 bits per heavy atom. The van der Waals surface area contributed by atoms with E-state index in [9.17, 15) is 0 Å². The fourth-order valence-corrected chi connectivity index (χ4v) is 4.24. The summed E-state index contributed by atoms with van der Waals surface area (Å²) in [5, 5.41) is 0. The maximum atomic E-state index is 2.44. The predicted octanol–water partition coefficient (Wildman–Crippen LogP) is 1.59. The molecule has 0 nitrogen and oxygen atoms in total. The second-order valence-corrected chi connectivity index (χ2v) is 9.53. The highest BCUT2D eigenvalue weighted by atomic mass is 28.3. The molecule has 0 amide bonds. The van der Waals surface area contributed by atoms with Crippen LogP contribution in [0.5, 0.6) is 0 Å². The molecule has 0 bridgehead atoms. The Hall–Kier alpha value is 0.174. The molecule has 0 aliphatic rings. The molecule has 0 fully saturated rings. The van der Waals surface area contributed by atoms with Gasteiger partial charge in [0, 0.05) is 9.52 Å². The highest BCUT2D eigenvalue weighted by molar-refractivity contribution is 6.81. The molecule has 2 heteroatoms. The second-order valence-electron chi connectivity index (χ2n) is 3.18. The SMILES string of the molecule is C[SiH2]/C=C/[Si](C)(C)C. The van der Waals surface area contributed by atoms with Crippen molar-refractivity contribution < 1.29 is 0 Å². The van der Waals surface area contributed by atoms with Crippen LogP contribution in [0, 0.1) is 0 Å². The summed E-state index contributed by atoms with van der Waals surface area (Å²) in [5.74, 6) is 0. The predicted molar refractivity (Wildman–Crippen MR) is 46.9 cm³/mol. The van der Waals surface area contributed by atoms with Crippen LogP contribution in [0.1, 0.15) is 0 Å². The third kappa shape index (κ3) is 6.17. The fourth-order valence-electron chi connectivity index (χ4n) is 0.471. The minimum absolute atomic E-state index is 0.188. The molecule has 0 saturated heterocycles. The van der Waals surface area contributed by atoms with Crippen molar-refractivity contribution in [3.8, 4) is 0 Å². The van der Waals surface area contributed by atoms with Crippen molar-refractivity contribution in [1.82, 2.24) is 0 Å². The van der Waals surface area contributed by atoms with E-state index in [1.165, 1.54) is 0 Å². The van der Waals surface area contributed by atoms with Crippen LogP contribution in [0.2, 0.25) is 26.2 Å². The third-order valence-electron chi connectivity index (χ3n) is 0.854. The first-order chi connectivity index (χ1) is 3.56. The lowest BCUT2D eigenvalue weighted by molar-refractivity contribution is 1.77. The van der Waals surface area contributed by atoms with Crippen molar-refractivity contribution in [3.05, 3.63) is 11.4 Å². The standard InChI is InChI=1S/C6H16Si2/c1-7-5-6-8(2,3)4/h5-6H,7H2,1-4H3/b6-5+. The lowest BCUT2D eigenvalue weighted by Crippen LogP contribution is -2.15. The molecule has 0 aliphatic heterocycles. The van der Waals surface area contributed by atoms with Crippen molar-refractivity contribution in [1.29, 1.82) is 0 Å². The highest BCUT2D eigenvalue weighted by Gasteiger charge is 2.05. The van der Waals surface area contributed by atoms with Crippen LogP contribution in [0.25, 0.3) is 0 Å². The second kappa shape index (κ2) is 3.25. The normalized spacial score (nSPS) is 14.5. The van der Waals surface area contributed by atoms with E-state index in [0.717, 1.165) is 0 Å². The summed E-state index contributed by atoms with van der Waals surface area (Å²) in [6, 6.07) is 0. The summed E-state index contributed by atoms with van der Waals surface area (Å²) in [6.07, 6.45) is 0. The average molecular weight is 144 g/mol. The zero-order valence-corrected chi connectivity index (χ0v) is 8.78. The van der Waals surface area contributed by atoms with Gasteiger partial charge in [-0.05, 0) is 0 Å². The van der Waals surface area contributed by atoms with Crippen molar-refractivity contribution in [3.63, 3.8) is 0 Å². The topological polar surface area (TPSA) is 0 Å². The van der Waals surface area contributed by atoms with Crippen LogP contribution < -0.4 is 0 Å². The Morgan fingerprint density at radius 2 is 1.75 bits per heavy atom. The molecule has 0 aliphatic carbocycles. The molecule has 0 aromatic carbocycles. The molecule has 0 atom stereocenters. The first-order valence-electron chi connectivity index (χ1n) is 3.24. The van der Waals surface area contributed by atoms with Crippen LogP contribution >= 0.6 is 0 Å². The van der Waals surface area contributed by atoms with Crippen molar-refractivity contribution in [2.24, 2.45) is 0 Å². The van der Waals surface area contributed by atoms with Gasteiger partial charge in [-0.2, -0.15) is 0 Å². The maximum absolute atomic E-state index is 2.44. The Kier molecular flexibility index (Phi) is 3.32. The Labute approximate surface area is 55.8 Å². The molecule has 48 valence electrons. The van der Waals surface area contributed by atoms with E-state index in [1.807, 2.05) is 0 Å². The monoisotopic (exact) mass is 144 g/mol. The summed E-state index contributed by atoms with van der Waals surface area (Å²) in [5.41, 5.74) is 4.85. The van der Waals surface area contributed by atoms with E-state index < -0.39 is 8.07 Å². The van der Waals surface area contributed by atoms with Crippen LogP contribution in [-0.2, 0) is 0 Å². The van der Waals surface area contributed by atoms with Gasteiger partial charge in [0.2, 0.25) is 0 Å². The van der Waals surface area contributed by atoms with Gasteiger partial charge in [-0.1, -0.05) is 26.2 Å². The molecule has 0 spiro atoms. The van der Waals surface area contributed by atoms with Gasteiger partial charge in [0.25, 0.3) is 0 Å². The van der Waals surface area contributed by atoms with Crippen molar-refractivity contribution in [2.45, 2.75) is 26.2 Å². The molecule has 0 heterocycles. The van der Waals surface area contributed by atoms with Gasteiger partial charge < -0.3 is 0 Å². The fraction of sp³-hybridized carbons (Fsp3) is 0.667. The minimum Gasteiger partial charge on any atom is -0.109 e. The molecule has 0 radical (unpaired) electrons. The lowest BCUT2D eigenvalue weighted by atomic mass is 11.2. The van der Waals surface area contributed by atoms with Crippen LogP contribution in [0.4, 0.5) is 0 Å². The Morgan fingerprint density at radius 1 is 1.25 bits per heavy atom. The van der Waals surface area contributed by atoms with Crippen molar-refractivity contribution >= 4 is 17.6 Å². The first-order valence-corrected chi connectivity index (χ1v) is 9.05. The Bertz CT molecular complexity index is 79.0. The number of hydrogen-bond acceptors (Lipinski definition) is 0. The van der Waals surface area contributed by atoms with E-state index in [0.29, 0.717) is 0 Å². The van der Waals surface area contributed by atoms with Crippen molar-refractivity contribution in [2.75, 3.05) is 0 Å². The van der Waals surface area contributed by atoms with Crippen LogP contribution in [0.15, 0.2) is 11.4 Å². The van der Waals surface area contributed by atoms with E-state index in [1.54, 1.807) is 0 Å². The largest absolute Gasteiger partial charge is 0.109 e. The molecule has 0 saturated carbocycles. The zero-order chi connectivity index (χ0) is 6.62. The molecular formula is C6H16Si2. The highest BCUT2D eigenvalue weighted by Crippen LogP contribution is 2.00.